The van der Waals surface area contributed by atoms with E-state index in [1.165, 1.54) is 6.92 Å². The SMILES string of the molecule is CC1CC(C(=O)N[C@@H](C)C(=O)O)CO1. The van der Waals surface area contributed by atoms with Crippen LogP contribution < -0.4 is 5.32 Å². The standard InChI is InChI=1S/C9H15NO4/c1-5-3-7(4-14-5)8(11)10-6(2)9(12)13/h5-7H,3-4H2,1-2H3,(H,10,11)(H,12,13)/t5?,6-,7?/m0/s1. The first kappa shape index (κ1) is 11.0. The molecule has 14 heavy (non-hydrogen) atoms. The quantitative estimate of drug-likeness (QED) is 0.674. The Hall–Kier alpha value is -1.10. The molecular weight excluding hydrogens is 186 g/mol. The average Bonchev–Trinajstić information content (AvgIpc) is 2.51. The smallest absolute Gasteiger partial charge is 0.325 e. The highest BCUT2D eigenvalue weighted by molar-refractivity contribution is 5.84. The zero-order chi connectivity index (χ0) is 10.7. The molecule has 1 rings (SSSR count). The van der Waals surface area contributed by atoms with Gasteiger partial charge in [0.2, 0.25) is 5.91 Å². The van der Waals surface area contributed by atoms with Gasteiger partial charge in [0.05, 0.1) is 18.6 Å². The molecule has 5 heteroatoms. The van der Waals surface area contributed by atoms with Gasteiger partial charge in [-0.05, 0) is 20.3 Å². The third-order valence-electron chi connectivity index (χ3n) is 2.30. The van der Waals surface area contributed by atoms with Crippen molar-refractivity contribution in [1.82, 2.24) is 5.32 Å². The van der Waals surface area contributed by atoms with Crippen LogP contribution in [0.25, 0.3) is 0 Å². The summed E-state index contributed by atoms with van der Waals surface area (Å²) in [4.78, 5) is 21.9. The Morgan fingerprint density at radius 2 is 2.21 bits per heavy atom. The number of hydrogen-bond acceptors (Lipinski definition) is 3. The number of aliphatic carboxylic acids is 1. The molecule has 0 spiro atoms. The molecule has 0 saturated carbocycles. The Morgan fingerprint density at radius 3 is 2.64 bits per heavy atom. The van der Waals surface area contributed by atoms with E-state index < -0.39 is 12.0 Å². The molecule has 2 unspecified atom stereocenters. The number of nitrogens with one attached hydrogen (secondary N) is 1. The molecule has 80 valence electrons. The van der Waals surface area contributed by atoms with E-state index in [0.717, 1.165) is 0 Å². The summed E-state index contributed by atoms with van der Waals surface area (Å²) in [5, 5.41) is 11.0. The van der Waals surface area contributed by atoms with Crippen molar-refractivity contribution in [2.24, 2.45) is 5.92 Å². The number of carbonyl (C=O) groups is 2. The fraction of sp³-hybridized carbons (Fsp3) is 0.778. The lowest BCUT2D eigenvalue weighted by molar-refractivity contribution is -0.141. The van der Waals surface area contributed by atoms with Crippen LogP contribution in [0.1, 0.15) is 20.3 Å². The number of ether oxygens (including phenoxy) is 1. The summed E-state index contributed by atoms with van der Waals surface area (Å²) in [6, 6.07) is -0.835. The van der Waals surface area contributed by atoms with Crippen LogP contribution in [0, 0.1) is 5.92 Å². The third kappa shape index (κ3) is 2.70. The lowest BCUT2D eigenvalue weighted by Crippen LogP contribution is -2.41. The number of carboxylic acid groups (broad SMARTS) is 1. The summed E-state index contributed by atoms with van der Waals surface area (Å²) in [7, 11) is 0. The minimum absolute atomic E-state index is 0.0888. The zero-order valence-electron chi connectivity index (χ0n) is 8.32. The molecule has 0 aliphatic carbocycles. The first-order chi connectivity index (χ1) is 6.50. The predicted molar refractivity (Wildman–Crippen MR) is 48.8 cm³/mol. The largest absolute Gasteiger partial charge is 0.480 e. The minimum atomic E-state index is -1.02. The summed E-state index contributed by atoms with van der Waals surface area (Å²) in [6.45, 7) is 3.73. The van der Waals surface area contributed by atoms with Crippen LogP contribution in [-0.4, -0.2) is 35.7 Å². The van der Waals surface area contributed by atoms with Crippen molar-refractivity contribution in [3.8, 4) is 0 Å². The molecule has 1 aliphatic heterocycles. The van der Waals surface area contributed by atoms with Crippen LogP contribution in [0.5, 0.6) is 0 Å². The van der Waals surface area contributed by atoms with Crippen molar-refractivity contribution >= 4 is 11.9 Å². The highest BCUT2D eigenvalue weighted by atomic mass is 16.5. The fourth-order valence-corrected chi connectivity index (χ4v) is 1.39. The van der Waals surface area contributed by atoms with E-state index in [1.807, 2.05) is 6.92 Å². The van der Waals surface area contributed by atoms with E-state index in [9.17, 15) is 9.59 Å². The summed E-state index contributed by atoms with van der Waals surface area (Å²) in [5.41, 5.74) is 0. The highest BCUT2D eigenvalue weighted by Gasteiger charge is 2.29. The maximum Gasteiger partial charge on any atom is 0.325 e. The van der Waals surface area contributed by atoms with Gasteiger partial charge < -0.3 is 15.2 Å². The van der Waals surface area contributed by atoms with Gasteiger partial charge in [-0.25, -0.2) is 0 Å². The van der Waals surface area contributed by atoms with E-state index in [1.54, 1.807) is 0 Å². The fourth-order valence-electron chi connectivity index (χ4n) is 1.39. The second kappa shape index (κ2) is 4.41. The van der Waals surface area contributed by atoms with E-state index >= 15 is 0 Å². The number of amides is 1. The molecule has 1 aliphatic rings. The maximum atomic E-state index is 11.5. The van der Waals surface area contributed by atoms with Crippen molar-refractivity contribution in [3.63, 3.8) is 0 Å². The molecule has 1 heterocycles. The van der Waals surface area contributed by atoms with Gasteiger partial charge in [0.15, 0.2) is 0 Å². The Kier molecular flexibility index (Phi) is 3.46. The van der Waals surface area contributed by atoms with Gasteiger partial charge in [0.25, 0.3) is 0 Å². The van der Waals surface area contributed by atoms with Gasteiger partial charge in [0, 0.05) is 0 Å². The van der Waals surface area contributed by atoms with Gasteiger partial charge in [0.1, 0.15) is 6.04 Å². The van der Waals surface area contributed by atoms with Crippen LogP contribution in [0.3, 0.4) is 0 Å². The summed E-state index contributed by atoms with van der Waals surface area (Å²) >= 11 is 0. The van der Waals surface area contributed by atoms with E-state index in [4.69, 9.17) is 9.84 Å². The molecule has 3 atom stereocenters. The number of hydrogen-bond donors (Lipinski definition) is 2. The molecule has 0 aromatic carbocycles. The van der Waals surface area contributed by atoms with Crippen molar-refractivity contribution in [2.45, 2.75) is 32.4 Å². The summed E-state index contributed by atoms with van der Waals surface area (Å²) in [5.74, 6) is -1.46. The molecule has 0 radical (unpaired) electrons. The lowest BCUT2D eigenvalue weighted by atomic mass is 10.1. The second-order valence-electron chi connectivity index (χ2n) is 3.65. The molecule has 1 amide bonds. The summed E-state index contributed by atoms with van der Waals surface area (Å²) < 4.78 is 5.22. The van der Waals surface area contributed by atoms with Crippen LogP contribution in [0.4, 0.5) is 0 Å². The molecule has 5 nitrogen and oxygen atoms in total. The van der Waals surface area contributed by atoms with Gasteiger partial charge in [-0.1, -0.05) is 0 Å². The van der Waals surface area contributed by atoms with Gasteiger partial charge in [-0.15, -0.1) is 0 Å². The molecular formula is C9H15NO4. The van der Waals surface area contributed by atoms with Crippen LogP contribution in [0.15, 0.2) is 0 Å². The third-order valence-corrected chi connectivity index (χ3v) is 2.30. The van der Waals surface area contributed by atoms with E-state index in [-0.39, 0.29) is 17.9 Å². The molecule has 0 aromatic rings. The average molecular weight is 201 g/mol. The number of carbonyl (C=O) groups excluding carboxylic acids is 1. The predicted octanol–water partition coefficient (Wildman–Crippen LogP) is 0.000700. The topological polar surface area (TPSA) is 75.6 Å². The number of carboxylic acids is 1. The Bertz CT molecular complexity index is 241. The van der Waals surface area contributed by atoms with Crippen molar-refractivity contribution in [2.75, 3.05) is 6.61 Å². The zero-order valence-corrected chi connectivity index (χ0v) is 8.32. The monoisotopic (exact) mass is 201 g/mol. The second-order valence-corrected chi connectivity index (χ2v) is 3.65. The molecule has 0 bridgehead atoms. The van der Waals surface area contributed by atoms with Crippen molar-refractivity contribution in [3.05, 3.63) is 0 Å². The van der Waals surface area contributed by atoms with Crippen LogP contribution in [-0.2, 0) is 14.3 Å². The highest BCUT2D eigenvalue weighted by Crippen LogP contribution is 2.18. The van der Waals surface area contributed by atoms with Crippen LogP contribution >= 0.6 is 0 Å². The van der Waals surface area contributed by atoms with Crippen LogP contribution in [0.2, 0.25) is 0 Å². The van der Waals surface area contributed by atoms with Crippen molar-refractivity contribution < 1.29 is 19.4 Å². The van der Waals surface area contributed by atoms with E-state index in [0.29, 0.717) is 13.0 Å². The maximum absolute atomic E-state index is 11.5. The lowest BCUT2D eigenvalue weighted by Gasteiger charge is -2.12. The summed E-state index contributed by atoms with van der Waals surface area (Å²) in [6.07, 6.45) is 0.754. The normalized spacial score (nSPS) is 28.4. The minimum Gasteiger partial charge on any atom is -0.480 e. The van der Waals surface area contributed by atoms with Gasteiger partial charge in [-0.3, -0.25) is 9.59 Å². The molecule has 1 saturated heterocycles. The number of rotatable bonds is 3. The first-order valence-electron chi connectivity index (χ1n) is 4.65. The van der Waals surface area contributed by atoms with Gasteiger partial charge in [-0.2, -0.15) is 0 Å². The molecule has 2 N–H and O–H groups in total. The first-order valence-corrected chi connectivity index (χ1v) is 4.65. The van der Waals surface area contributed by atoms with Gasteiger partial charge >= 0.3 is 5.97 Å². The van der Waals surface area contributed by atoms with Crippen molar-refractivity contribution in [1.29, 1.82) is 0 Å². The Labute approximate surface area is 82.4 Å². The molecule has 0 aromatic heterocycles. The van der Waals surface area contributed by atoms with E-state index in [2.05, 4.69) is 5.32 Å². The Balaban J connectivity index is 2.39. The Morgan fingerprint density at radius 1 is 1.57 bits per heavy atom. The molecule has 1 fully saturated rings.